The zero-order chi connectivity index (χ0) is 24.4. The topological polar surface area (TPSA) is 79.7 Å². The Morgan fingerprint density at radius 2 is 1.91 bits per heavy atom. The Kier molecular flexibility index (Phi) is 6.88. The number of carbonyl (C=O) groups excluding carboxylic acids is 1. The van der Waals surface area contributed by atoms with Crippen molar-refractivity contribution in [2.45, 2.75) is 27.3 Å². The summed E-state index contributed by atoms with van der Waals surface area (Å²) >= 11 is 0. The quantitative estimate of drug-likeness (QED) is 0.604. The van der Waals surface area contributed by atoms with E-state index in [0.717, 1.165) is 48.3 Å². The van der Waals surface area contributed by atoms with Crippen molar-refractivity contribution >= 4 is 28.3 Å². The second kappa shape index (κ2) is 9.85. The molecule has 4 rings (SSSR count). The van der Waals surface area contributed by atoms with E-state index in [1.54, 1.807) is 16.8 Å². The number of methoxy groups -OCH3 is 1. The molecule has 1 aliphatic rings. The third kappa shape index (κ3) is 4.63. The van der Waals surface area contributed by atoms with Crippen LogP contribution in [0, 0.1) is 12.8 Å². The number of likely N-dealkylation sites (N-methyl/N-ethyl adjacent to an activating group) is 1. The van der Waals surface area contributed by atoms with Gasteiger partial charge in [-0.15, -0.1) is 0 Å². The molecule has 1 aromatic carbocycles. The number of nitrogens with zero attached hydrogens (tertiary/aromatic N) is 4. The lowest BCUT2D eigenvalue weighted by Crippen LogP contribution is -2.44. The van der Waals surface area contributed by atoms with Gasteiger partial charge >= 0.3 is 0 Å². The molecule has 0 spiro atoms. The fourth-order valence-corrected chi connectivity index (χ4v) is 4.42. The van der Waals surface area contributed by atoms with Gasteiger partial charge in [-0.3, -0.25) is 9.59 Å². The molecule has 1 fully saturated rings. The molecule has 0 saturated carbocycles. The van der Waals surface area contributed by atoms with Crippen molar-refractivity contribution < 1.29 is 9.53 Å². The SMILES string of the molecule is COc1c(C(=O)Nc2ncccc2C)c(=O)n(CC(C)C)c2cc(N3CCN(C)CC3)ccc12. The van der Waals surface area contributed by atoms with Gasteiger partial charge in [0.15, 0.2) is 0 Å². The van der Waals surface area contributed by atoms with Crippen molar-refractivity contribution in [2.75, 3.05) is 50.6 Å². The zero-order valence-corrected chi connectivity index (χ0v) is 20.6. The number of nitrogens with one attached hydrogen (secondary N) is 1. The Morgan fingerprint density at radius 1 is 1.18 bits per heavy atom. The van der Waals surface area contributed by atoms with E-state index >= 15 is 0 Å². The number of anilines is 2. The Labute approximate surface area is 200 Å². The van der Waals surface area contributed by atoms with Crippen LogP contribution in [0.3, 0.4) is 0 Å². The summed E-state index contributed by atoms with van der Waals surface area (Å²) in [5.41, 5.74) is 2.29. The molecule has 3 heterocycles. The molecule has 34 heavy (non-hydrogen) atoms. The summed E-state index contributed by atoms with van der Waals surface area (Å²) in [6.45, 7) is 10.3. The van der Waals surface area contributed by atoms with Gasteiger partial charge in [0, 0.05) is 50.0 Å². The van der Waals surface area contributed by atoms with Gasteiger partial charge in [-0.2, -0.15) is 0 Å². The van der Waals surface area contributed by atoms with Crippen molar-refractivity contribution in [2.24, 2.45) is 5.92 Å². The molecule has 180 valence electrons. The number of aromatic nitrogens is 2. The summed E-state index contributed by atoms with van der Waals surface area (Å²) in [4.78, 5) is 35.9. The maximum absolute atomic E-state index is 13.7. The maximum Gasteiger partial charge on any atom is 0.267 e. The minimum Gasteiger partial charge on any atom is -0.495 e. The molecule has 3 aromatic rings. The fraction of sp³-hybridized carbons (Fsp3) is 0.423. The highest BCUT2D eigenvalue weighted by Gasteiger charge is 2.25. The average molecular weight is 464 g/mol. The fourth-order valence-electron chi connectivity index (χ4n) is 4.42. The first kappa shape index (κ1) is 23.8. The van der Waals surface area contributed by atoms with Crippen molar-refractivity contribution in [3.63, 3.8) is 0 Å². The molecule has 8 nitrogen and oxygen atoms in total. The number of hydrogen-bond acceptors (Lipinski definition) is 6. The number of pyridine rings is 2. The number of ether oxygens (including phenoxy) is 1. The van der Waals surface area contributed by atoms with Crippen LogP contribution in [-0.2, 0) is 6.54 Å². The summed E-state index contributed by atoms with van der Waals surface area (Å²) in [5.74, 6) is 0.410. The number of carbonyl (C=O) groups is 1. The second-order valence-electron chi connectivity index (χ2n) is 9.33. The van der Waals surface area contributed by atoms with E-state index < -0.39 is 5.91 Å². The molecule has 0 bridgehead atoms. The standard InChI is InChI=1S/C26H33N5O3/c1-17(2)16-31-21-15-19(30-13-11-29(4)12-14-30)8-9-20(21)23(34-5)22(26(31)33)25(32)28-24-18(3)7-6-10-27-24/h6-10,15,17H,11-14,16H2,1-5H3,(H,27,28,32). The Morgan fingerprint density at radius 3 is 2.56 bits per heavy atom. The van der Waals surface area contributed by atoms with Crippen LogP contribution in [0.5, 0.6) is 5.75 Å². The lowest BCUT2D eigenvalue weighted by atomic mass is 10.1. The third-order valence-electron chi connectivity index (χ3n) is 6.29. The summed E-state index contributed by atoms with van der Waals surface area (Å²) in [6.07, 6.45) is 1.61. The summed E-state index contributed by atoms with van der Waals surface area (Å²) in [6, 6.07) is 9.72. The van der Waals surface area contributed by atoms with Gasteiger partial charge in [-0.1, -0.05) is 19.9 Å². The molecule has 8 heteroatoms. The summed E-state index contributed by atoms with van der Waals surface area (Å²) < 4.78 is 7.38. The first-order valence-electron chi connectivity index (χ1n) is 11.7. The minimum atomic E-state index is -0.522. The van der Waals surface area contributed by atoms with E-state index in [2.05, 4.69) is 47.1 Å². The molecule has 0 aliphatic carbocycles. The molecule has 1 N–H and O–H groups in total. The van der Waals surface area contributed by atoms with Crippen LogP contribution in [0.25, 0.3) is 10.9 Å². The largest absolute Gasteiger partial charge is 0.495 e. The van der Waals surface area contributed by atoms with Gasteiger partial charge in [0.25, 0.3) is 11.5 Å². The van der Waals surface area contributed by atoms with Crippen molar-refractivity contribution in [3.05, 3.63) is 58.0 Å². The van der Waals surface area contributed by atoms with Crippen LogP contribution in [0.1, 0.15) is 29.8 Å². The predicted molar refractivity (Wildman–Crippen MR) is 136 cm³/mol. The lowest BCUT2D eigenvalue weighted by Gasteiger charge is -2.34. The van der Waals surface area contributed by atoms with Crippen LogP contribution in [0.15, 0.2) is 41.3 Å². The third-order valence-corrected chi connectivity index (χ3v) is 6.29. The first-order chi connectivity index (χ1) is 16.3. The highest BCUT2D eigenvalue weighted by molar-refractivity contribution is 6.09. The van der Waals surface area contributed by atoms with Crippen LogP contribution < -0.4 is 20.5 Å². The number of fused-ring (bicyclic) bond motifs is 1. The lowest BCUT2D eigenvalue weighted by molar-refractivity contribution is 0.102. The maximum atomic E-state index is 13.7. The Balaban J connectivity index is 1.86. The number of piperazine rings is 1. The van der Waals surface area contributed by atoms with Crippen molar-refractivity contribution in [1.29, 1.82) is 0 Å². The highest BCUT2D eigenvalue weighted by Crippen LogP contribution is 2.32. The smallest absolute Gasteiger partial charge is 0.267 e. The molecule has 0 atom stereocenters. The van der Waals surface area contributed by atoms with E-state index in [1.165, 1.54) is 7.11 Å². The minimum absolute atomic E-state index is 0.00643. The molecule has 0 unspecified atom stereocenters. The molecular weight excluding hydrogens is 430 g/mol. The van der Waals surface area contributed by atoms with Crippen LogP contribution in [0.2, 0.25) is 0 Å². The average Bonchev–Trinajstić information content (AvgIpc) is 2.82. The Bertz CT molecular complexity index is 1260. The predicted octanol–water partition coefficient (Wildman–Crippen LogP) is 3.37. The van der Waals surface area contributed by atoms with Gasteiger partial charge in [-0.25, -0.2) is 4.98 Å². The Hall–Kier alpha value is -3.39. The number of rotatable bonds is 6. The van der Waals surface area contributed by atoms with E-state index in [4.69, 9.17) is 4.74 Å². The van der Waals surface area contributed by atoms with Gasteiger partial charge in [0.1, 0.15) is 17.1 Å². The van der Waals surface area contributed by atoms with Crippen molar-refractivity contribution in [3.8, 4) is 5.75 Å². The van der Waals surface area contributed by atoms with E-state index in [1.807, 2.05) is 25.1 Å². The van der Waals surface area contributed by atoms with Gasteiger partial charge in [0.05, 0.1) is 12.6 Å². The molecule has 2 aromatic heterocycles. The summed E-state index contributed by atoms with van der Waals surface area (Å²) in [5, 5.41) is 3.54. The van der Waals surface area contributed by atoms with Crippen LogP contribution in [-0.4, -0.2) is 60.7 Å². The monoisotopic (exact) mass is 463 g/mol. The van der Waals surface area contributed by atoms with Gasteiger partial charge in [0.2, 0.25) is 0 Å². The van der Waals surface area contributed by atoms with E-state index in [0.29, 0.717) is 12.4 Å². The highest BCUT2D eigenvalue weighted by atomic mass is 16.5. The number of amides is 1. The normalized spacial score (nSPS) is 14.6. The second-order valence-corrected chi connectivity index (χ2v) is 9.33. The van der Waals surface area contributed by atoms with Gasteiger partial charge < -0.3 is 24.4 Å². The molecule has 1 aliphatic heterocycles. The summed E-state index contributed by atoms with van der Waals surface area (Å²) in [7, 11) is 3.63. The first-order valence-corrected chi connectivity index (χ1v) is 11.7. The van der Waals surface area contributed by atoms with Crippen molar-refractivity contribution in [1.82, 2.24) is 14.5 Å². The van der Waals surface area contributed by atoms with Gasteiger partial charge in [-0.05, 0) is 49.7 Å². The molecule has 1 saturated heterocycles. The zero-order valence-electron chi connectivity index (χ0n) is 20.6. The number of aryl methyl sites for hydroxylation is 1. The van der Waals surface area contributed by atoms with Crippen LogP contribution >= 0.6 is 0 Å². The van der Waals surface area contributed by atoms with E-state index in [-0.39, 0.29) is 22.8 Å². The number of hydrogen-bond donors (Lipinski definition) is 1. The molecular formula is C26H33N5O3. The van der Waals surface area contributed by atoms with Crippen LogP contribution in [0.4, 0.5) is 11.5 Å². The number of benzene rings is 1. The molecule has 1 amide bonds. The molecule has 0 radical (unpaired) electrons. The van der Waals surface area contributed by atoms with E-state index in [9.17, 15) is 9.59 Å².